The van der Waals surface area contributed by atoms with Gasteiger partial charge in [-0.2, -0.15) is 0 Å². The van der Waals surface area contributed by atoms with E-state index in [9.17, 15) is 5.11 Å². The number of halogens is 1. The summed E-state index contributed by atoms with van der Waals surface area (Å²) in [5.74, 6) is 0.789. The molecule has 2 rings (SSSR count). The molecule has 0 aliphatic rings. The van der Waals surface area contributed by atoms with Gasteiger partial charge in [0, 0.05) is 23.7 Å². The van der Waals surface area contributed by atoms with Crippen LogP contribution in [0.3, 0.4) is 0 Å². The first kappa shape index (κ1) is 18.7. The standard InChI is InChI=1S/C19H25ClN2O2/c1-22(2)13-14(23)12-21-19(15-8-4-6-10-17(15)20)16-9-5-7-11-18(16)24-3/h4-11,14,19,21,23H,12-13H2,1-3H3. The zero-order valence-electron chi connectivity index (χ0n) is 14.4. The van der Waals surface area contributed by atoms with Crippen LogP contribution in [-0.2, 0) is 0 Å². The molecule has 0 fully saturated rings. The van der Waals surface area contributed by atoms with E-state index in [-0.39, 0.29) is 6.04 Å². The van der Waals surface area contributed by atoms with Crippen LogP contribution in [0.15, 0.2) is 48.5 Å². The molecule has 0 saturated heterocycles. The third-order valence-corrected chi connectivity index (χ3v) is 4.14. The Labute approximate surface area is 149 Å². The van der Waals surface area contributed by atoms with Gasteiger partial charge in [-0.05, 0) is 31.8 Å². The van der Waals surface area contributed by atoms with Gasteiger partial charge in [0.1, 0.15) is 5.75 Å². The van der Waals surface area contributed by atoms with Gasteiger partial charge in [0.15, 0.2) is 0 Å². The molecule has 0 amide bonds. The number of likely N-dealkylation sites (N-methyl/N-ethyl adjacent to an activating group) is 1. The minimum Gasteiger partial charge on any atom is -0.496 e. The number of nitrogens with zero attached hydrogens (tertiary/aromatic N) is 1. The lowest BCUT2D eigenvalue weighted by Gasteiger charge is -2.25. The van der Waals surface area contributed by atoms with Gasteiger partial charge in [0.2, 0.25) is 0 Å². The van der Waals surface area contributed by atoms with Crippen LogP contribution < -0.4 is 10.1 Å². The fourth-order valence-electron chi connectivity index (χ4n) is 2.74. The lowest BCUT2D eigenvalue weighted by Crippen LogP contribution is -2.37. The van der Waals surface area contributed by atoms with E-state index < -0.39 is 6.10 Å². The fraction of sp³-hybridized carbons (Fsp3) is 0.368. The predicted octanol–water partition coefficient (Wildman–Crippen LogP) is 2.95. The topological polar surface area (TPSA) is 44.7 Å². The molecule has 130 valence electrons. The number of methoxy groups -OCH3 is 1. The highest BCUT2D eigenvalue weighted by Crippen LogP contribution is 2.33. The van der Waals surface area contributed by atoms with E-state index in [0.29, 0.717) is 18.1 Å². The molecule has 0 bridgehead atoms. The molecule has 0 saturated carbocycles. The van der Waals surface area contributed by atoms with Gasteiger partial charge in [-0.15, -0.1) is 0 Å². The molecule has 0 spiro atoms. The van der Waals surface area contributed by atoms with Crippen LogP contribution in [-0.4, -0.2) is 50.4 Å². The van der Waals surface area contributed by atoms with Gasteiger partial charge < -0.3 is 20.1 Å². The first-order chi connectivity index (χ1) is 11.5. The Morgan fingerprint density at radius 1 is 1.08 bits per heavy atom. The van der Waals surface area contributed by atoms with E-state index in [4.69, 9.17) is 16.3 Å². The lowest BCUT2D eigenvalue weighted by atomic mass is 9.97. The summed E-state index contributed by atoms with van der Waals surface area (Å²) in [4.78, 5) is 1.96. The summed E-state index contributed by atoms with van der Waals surface area (Å²) >= 11 is 6.41. The number of hydrogen-bond acceptors (Lipinski definition) is 4. The normalized spacial score (nSPS) is 13.8. The molecule has 2 atom stereocenters. The number of ether oxygens (including phenoxy) is 1. The van der Waals surface area contributed by atoms with Crippen molar-refractivity contribution in [3.8, 4) is 5.75 Å². The van der Waals surface area contributed by atoms with Crippen LogP contribution in [0.25, 0.3) is 0 Å². The van der Waals surface area contributed by atoms with Crippen molar-refractivity contribution < 1.29 is 9.84 Å². The molecule has 0 aliphatic heterocycles. The summed E-state index contributed by atoms with van der Waals surface area (Å²) in [7, 11) is 5.54. The van der Waals surface area contributed by atoms with Crippen molar-refractivity contribution in [3.05, 3.63) is 64.7 Å². The molecular formula is C19H25ClN2O2. The van der Waals surface area contributed by atoms with Crippen molar-refractivity contribution in [2.75, 3.05) is 34.3 Å². The largest absolute Gasteiger partial charge is 0.496 e. The Morgan fingerprint density at radius 2 is 1.71 bits per heavy atom. The minimum atomic E-state index is -0.473. The summed E-state index contributed by atoms with van der Waals surface area (Å²) < 4.78 is 5.51. The maximum absolute atomic E-state index is 10.2. The van der Waals surface area contributed by atoms with Gasteiger partial charge >= 0.3 is 0 Å². The molecule has 0 radical (unpaired) electrons. The molecule has 2 aromatic carbocycles. The summed E-state index contributed by atoms with van der Waals surface area (Å²) in [6, 6.07) is 15.4. The first-order valence-corrected chi connectivity index (χ1v) is 8.34. The van der Waals surface area contributed by atoms with Crippen LogP contribution in [0.4, 0.5) is 0 Å². The molecule has 5 heteroatoms. The van der Waals surface area contributed by atoms with Crippen molar-refractivity contribution in [1.82, 2.24) is 10.2 Å². The summed E-state index contributed by atoms with van der Waals surface area (Å²) in [6.45, 7) is 1.04. The molecule has 2 unspecified atom stereocenters. The second kappa shape index (κ2) is 9.04. The van der Waals surface area contributed by atoms with Crippen LogP contribution in [0.2, 0.25) is 5.02 Å². The Bertz CT molecular complexity index is 649. The maximum atomic E-state index is 10.2. The molecule has 4 nitrogen and oxygen atoms in total. The molecule has 0 aromatic heterocycles. The molecule has 2 N–H and O–H groups in total. The second-order valence-corrected chi connectivity index (χ2v) is 6.43. The zero-order chi connectivity index (χ0) is 17.5. The van der Waals surface area contributed by atoms with Gasteiger partial charge in [-0.3, -0.25) is 0 Å². The van der Waals surface area contributed by atoms with Crippen molar-refractivity contribution in [1.29, 1.82) is 0 Å². The highest BCUT2D eigenvalue weighted by Gasteiger charge is 2.21. The summed E-state index contributed by atoms with van der Waals surface area (Å²) in [5.41, 5.74) is 1.95. The molecule has 2 aromatic rings. The minimum absolute atomic E-state index is 0.160. The fourth-order valence-corrected chi connectivity index (χ4v) is 2.99. The van der Waals surface area contributed by atoms with E-state index in [1.165, 1.54) is 0 Å². The number of hydrogen-bond donors (Lipinski definition) is 2. The SMILES string of the molecule is COc1ccccc1C(NCC(O)CN(C)C)c1ccccc1Cl. The summed E-state index contributed by atoms with van der Waals surface area (Å²) in [5, 5.41) is 14.3. The second-order valence-electron chi connectivity index (χ2n) is 6.02. The average Bonchev–Trinajstić information content (AvgIpc) is 2.56. The quantitative estimate of drug-likeness (QED) is 0.770. The van der Waals surface area contributed by atoms with E-state index in [1.54, 1.807) is 7.11 Å². The lowest BCUT2D eigenvalue weighted by molar-refractivity contribution is 0.132. The Hall–Kier alpha value is -1.59. The van der Waals surface area contributed by atoms with Crippen LogP contribution in [0, 0.1) is 0 Å². The monoisotopic (exact) mass is 348 g/mol. The van der Waals surface area contributed by atoms with E-state index in [1.807, 2.05) is 67.5 Å². The van der Waals surface area contributed by atoms with Gasteiger partial charge in [0.05, 0.1) is 19.3 Å². The number of benzene rings is 2. The number of rotatable bonds is 8. The first-order valence-electron chi connectivity index (χ1n) is 7.96. The van der Waals surface area contributed by atoms with Crippen LogP contribution in [0.1, 0.15) is 17.2 Å². The molecule has 0 heterocycles. The molecule has 0 aliphatic carbocycles. The number of nitrogens with one attached hydrogen (secondary N) is 1. The Balaban J connectivity index is 2.30. The molecular weight excluding hydrogens is 324 g/mol. The Kier molecular flexibility index (Phi) is 7.06. The maximum Gasteiger partial charge on any atom is 0.123 e. The van der Waals surface area contributed by atoms with Crippen molar-refractivity contribution >= 4 is 11.6 Å². The third kappa shape index (κ3) is 4.95. The Morgan fingerprint density at radius 3 is 2.33 bits per heavy atom. The van der Waals surface area contributed by atoms with Crippen molar-refractivity contribution in [2.24, 2.45) is 0 Å². The summed E-state index contributed by atoms with van der Waals surface area (Å²) in [6.07, 6.45) is -0.473. The van der Waals surface area contributed by atoms with Gasteiger partial charge in [-0.25, -0.2) is 0 Å². The van der Waals surface area contributed by atoms with Gasteiger partial charge in [-0.1, -0.05) is 48.0 Å². The highest BCUT2D eigenvalue weighted by atomic mass is 35.5. The van der Waals surface area contributed by atoms with Crippen LogP contribution in [0.5, 0.6) is 5.75 Å². The number of aliphatic hydroxyl groups is 1. The zero-order valence-corrected chi connectivity index (χ0v) is 15.1. The average molecular weight is 349 g/mol. The van der Waals surface area contributed by atoms with E-state index in [2.05, 4.69) is 5.32 Å². The smallest absolute Gasteiger partial charge is 0.123 e. The molecule has 24 heavy (non-hydrogen) atoms. The van der Waals surface area contributed by atoms with Crippen LogP contribution >= 0.6 is 11.6 Å². The number of aliphatic hydroxyl groups excluding tert-OH is 1. The number of para-hydroxylation sites is 1. The van der Waals surface area contributed by atoms with Crippen molar-refractivity contribution in [3.63, 3.8) is 0 Å². The van der Waals surface area contributed by atoms with E-state index in [0.717, 1.165) is 16.9 Å². The highest BCUT2D eigenvalue weighted by molar-refractivity contribution is 6.31. The van der Waals surface area contributed by atoms with Crippen molar-refractivity contribution in [2.45, 2.75) is 12.1 Å². The van der Waals surface area contributed by atoms with E-state index >= 15 is 0 Å². The third-order valence-electron chi connectivity index (χ3n) is 3.80. The predicted molar refractivity (Wildman–Crippen MR) is 98.9 cm³/mol. The van der Waals surface area contributed by atoms with Gasteiger partial charge in [0.25, 0.3) is 0 Å².